The molecule has 4 nitrogen and oxygen atoms in total. The van der Waals surface area contributed by atoms with Crippen LogP contribution in [0.25, 0.3) is 0 Å². The molecule has 0 aromatic rings. The van der Waals surface area contributed by atoms with E-state index < -0.39 is 15.0 Å². The van der Waals surface area contributed by atoms with E-state index in [9.17, 15) is 8.42 Å². The Labute approximate surface area is 54.8 Å². The van der Waals surface area contributed by atoms with Gasteiger partial charge in [0.05, 0.1) is 0 Å². The lowest BCUT2D eigenvalue weighted by Crippen LogP contribution is -2.43. The van der Waals surface area contributed by atoms with Crippen LogP contribution < -0.4 is 5.73 Å². The highest BCUT2D eigenvalue weighted by molar-refractivity contribution is 7.87. The van der Waals surface area contributed by atoms with Gasteiger partial charge in [0.25, 0.3) is 10.1 Å². The predicted octanol–water partition coefficient (Wildman–Crippen LogP) is -0.227. The van der Waals surface area contributed by atoms with Crippen LogP contribution in [0.2, 0.25) is 0 Å². The monoisotopic (exact) mass is 152 g/mol. The van der Waals surface area contributed by atoms with E-state index in [-0.39, 0.29) is 6.42 Å². The van der Waals surface area contributed by atoms with Crippen LogP contribution in [0.1, 0.15) is 13.3 Å². The molecule has 0 bridgehead atoms. The highest BCUT2D eigenvalue weighted by atomic mass is 32.2. The first kappa shape index (κ1) is 8.87. The molecule has 5 heteroatoms. The summed E-state index contributed by atoms with van der Waals surface area (Å²) in [6.45, 7) is 4.46. The third kappa shape index (κ3) is 1.92. The van der Waals surface area contributed by atoms with Crippen LogP contribution in [0.5, 0.6) is 0 Å². The lowest BCUT2D eigenvalue weighted by atomic mass is 10.3. The van der Waals surface area contributed by atoms with E-state index in [0.717, 1.165) is 0 Å². The smallest absolute Gasteiger partial charge is 0.283 e. The maximum absolute atomic E-state index is 10.3. The molecule has 0 aromatic heterocycles. The third-order valence-electron chi connectivity index (χ3n) is 1.09. The summed E-state index contributed by atoms with van der Waals surface area (Å²) < 4.78 is 28.9. The Morgan fingerprint density at radius 2 is 2.11 bits per heavy atom. The van der Waals surface area contributed by atoms with Gasteiger partial charge >= 0.3 is 0 Å². The summed E-state index contributed by atoms with van der Waals surface area (Å²) in [4.78, 5) is -1.60. The van der Waals surface area contributed by atoms with E-state index in [2.05, 4.69) is 6.92 Å². The second kappa shape index (κ2) is 2.24. The molecule has 55 valence electrons. The number of nitrogens with two attached hydrogens (primary N) is 1. The number of hydrogen-bond acceptors (Lipinski definition) is 3. The topological polar surface area (TPSA) is 80.4 Å². The van der Waals surface area contributed by atoms with E-state index in [1.54, 1.807) is 0 Å². The minimum absolute atomic E-state index is 0.0498. The normalized spacial score (nSPS) is 19.1. The number of hydrogen-bond donors (Lipinski definition) is 2. The van der Waals surface area contributed by atoms with Gasteiger partial charge in [-0.05, 0) is 13.3 Å². The fourth-order valence-corrected chi connectivity index (χ4v) is 0.387. The van der Waals surface area contributed by atoms with E-state index in [0.29, 0.717) is 0 Å². The van der Waals surface area contributed by atoms with Gasteiger partial charge in [-0.1, -0.05) is 6.92 Å². The van der Waals surface area contributed by atoms with Gasteiger partial charge in [0.2, 0.25) is 0 Å². The molecule has 0 fully saturated rings. The molecule has 0 aliphatic carbocycles. The van der Waals surface area contributed by atoms with Crippen molar-refractivity contribution >= 4 is 10.1 Å². The van der Waals surface area contributed by atoms with Crippen molar-refractivity contribution in [2.75, 3.05) is 0 Å². The van der Waals surface area contributed by atoms with E-state index in [1.807, 2.05) is 0 Å². The molecule has 1 radical (unpaired) electrons. The summed E-state index contributed by atoms with van der Waals surface area (Å²) in [6.07, 6.45) is -0.0498. The van der Waals surface area contributed by atoms with Crippen molar-refractivity contribution in [1.82, 2.24) is 0 Å². The summed E-state index contributed by atoms with van der Waals surface area (Å²) in [5, 5.41) is 0. The predicted molar refractivity (Wildman–Crippen MR) is 34.1 cm³/mol. The van der Waals surface area contributed by atoms with Gasteiger partial charge in [-0.25, -0.2) is 0 Å². The molecular formula is C4H10NO3S. The largest absolute Gasteiger partial charge is 0.311 e. The van der Waals surface area contributed by atoms with Crippen molar-refractivity contribution in [1.29, 1.82) is 0 Å². The fourth-order valence-electron chi connectivity index (χ4n) is 0.129. The van der Waals surface area contributed by atoms with E-state index in [1.165, 1.54) is 6.92 Å². The Hall–Kier alpha value is -0.130. The van der Waals surface area contributed by atoms with Crippen molar-refractivity contribution in [3.05, 3.63) is 6.92 Å². The molecular weight excluding hydrogens is 142 g/mol. The summed E-state index contributed by atoms with van der Waals surface area (Å²) in [5.74, 6) is 0. The maximum Gasteiger partial charge on any atom is 0.283 e. The van der Waals surface area contributed by atoms with Gasteiger partial charge in [0.15, 0.2) is 0 Å². The Bertz CT molecular complexity index is 182. The van der Waals surface area contributed by atoms with Gasteiger partial charge in [0, 0.05) is 0 Å². The molecule has 1 unspecified atom stereocenters. The molecule has 1 atom stereocenters. The lowest BCUT2D eigenvalue weighted by Gasteiger charge is -2.17. The Morgan fingerprint density at radius 3 is 2.11 bits per heavy atom. The molecule has 0 rings (SSSR count). The molecule has 3 N–H and O–H groups in total. The van der Waals surface area contributed by atoms with Crippen LogP contribution in [0, 0.1) is 6.92 Å². The van der Waals surface area contributed by atoms with Gasteiger partial charge in [-0.15, -0.1) is 0 Å². The molecule has 0 saturated heterocycles. The van der Waals surface area contributed by atoms with Crippen molar-refractivity contribution in [2.45, 2.75) is 18.2 Å². The molecule has 9 heavy (non-hydrogen) atoms. The van der Waals surface area contributed by atoms with Crippen LogP contribution in [0.4, 0.5) is 0 Å². The molecule has 0 heterocycles. The third-order valence-corrected chi connectivity index (χ3v) is 2.47. The Morgan fingerprint density at radius 1 is 1.78 bits per heavy atom. The van der Waals surface area contributed by atoms with Crippen LogP contribution in [0.3, 0.4) is 0 Å². The highest BCUT2D eigenvalue weighted by Gasteiger charge is 2.30. The lowest BCUT2D eigenvalue weighted by molar-refractivity contribution is 0.435. The fraction of sp³-hybridized carbons (Fsp3) is 0.750. The minimum atomic E-state index is -4.14. The van der Waals surface area contributed by atoms with Crippen molar-refractivity contribution in [3.63, 3.8) is 0 Å². The standard InChI is InChI=1S/C4H10NO3S/c1-3-4(2,5)9(6,7)8/h1,3,5H2,2H3,(H,6,7,8). The number of rotatable bonds is 2. The van der Waals surface area contributed by atoms with Crippen molar-refractivity contribution in [3.8, 4) is 0 Å². The summed E-state index contributed by atoms with van der Waals surface area (Å²) >= 11 is 0. The second-order valence-corrected chi connectivity index (χ2v) is 3.92. The first-order valence-corrected chi connectivity index (χ1v) is 3.80. The maximum atomic E-state index is 10.3. The molecule has 0 aliphatic rings. The van der Waals surface area contributed by atoms with Crippen molar-refractivity contribution < 1.29 is 13.0 Å². The zero-order valence-electron chi connectivity index (χ0n) is 5.16. The van der Waals surface area contributed by atoms with Crippen LogP contribution in [-0.2, 0) is 10.1 Å². The molecule has 0 aromatic carbocycles. The van der Waals surface area contributed by atoms with Crippen LogP contribution >= 0.6 is 0 Å². The Balaban J connectivity index is 4.56. The summed E-state index contributed by atoms with van der Waals surface area (Å²) in [7, 11) is -4.14. The molecule has 0 aliphatic heterocycles. The SMILES string of the molecule is [CH2]CC(C)(N)S(=O)(=O)O. The average molecular weight is 152 g/mol. The molecule has 0 amide bonds. The van der Waals surface area contributed by atoms with E-state index in [4.69, 9.17) is 10.3 Å². The van der Waals surface area contributed by atoms with Gasteiger partial charge in [-0.3, -0.25) is 4.55 Å². The minimum Gasteiger partial charge on any atom is -0.311 e. The summed E-state index contributed by atoms with van der Waals surface area (Å²) in [5.41, 5.74) is 5.09. The zero-order valence-corrected chi connectivity index (χ0v) is 5.98. The van der Waals surface area contributed by atoms with Crippen molar-refractivity contribution in [2.24, 2.45) is 5.73 Å². The van der Waals surface area contributed by atoms with Gasteiger partial charge < -0.3 is 5.73 Å². The summed E-state index contributed by atoms with van der Waals surface area (Å²) in [6, 6.07) is 0. The van der Waals surface area contributed by atoms with Gasteiger partial charge in [-0.2, -0.15) is 8.42 Å². The highest BCUT2D eigenvalue weighted by Crippen LogP contribution is 2.10. The van der Waals surface area contributed by atoms with Crippen LogP contribution in [0.15, 0.2) is 0 Å². The second-order valence-electron chi connectivity index (χ2n) is 2.04. The quantitative estimate of drug-likeness (QED) is 0.536. The molecule has 0 spiro atoms. The zero-order chi connectivity index (χ0) is 7.71. The first-order chi connectivity index (χ1) is 3.81. The molecule has 0 saturated carbocycles. The Kier molecular flexibility index (Phi) is 2.21. The van der Waals surface area contributed by atoms with E-state index >= 15 is 0 Å². The average Bonchev–Trinajstić information content (AvgIpc) is 1.64. The van der Waals surface area contributed by atoms with Gasteiger partial charge in [0.1, 0.15) is 4.87 Å². The van der Waals surface area contributed by atoms with Crippen LogP contribution in [-0.4, -0.2) is 17.8 Å². The first-order valence-electron chi connectivity index (χ1n) is 2.36.